The number of aromatic nitrogens is 2. The van der Waals surface area contributed by atoms with Crippen molar-refractivity contribution in [2.75, 3.05) is 23.3 Å². The number of hydrogen-bond acceptors (Lipinski definition) is 9. The first kappa shape index (κ1) is 18.9. The molecule has 2 aromatic rings. The van der Waals surface area contributed by atoms with Crippen LogP contribution in [0.5, 0.6) is 0 Å². The lowest BCUT2D eigenvalue weighted by atomic mass is 10.3. The van der Waals surface area contributed by atoms with Gasteiger partial charge in [-0.1, -0.05) is 11.6 Å². The summed E-state index contributed by atoms with van der Waals surface area (Å²) in [7, 11) is 0. The van der Waals surface area contributed by atoms with Gasteiger partial charge >= 0.3 is 6.03 Å². The molecule has 1 aromatic carbocycles. The van der Waals surface area contributed by atoms with Crippen LogP contribution in [0.25, 0.3) is 0 Å². The lowest BCUT2D eigenvalue weighted by Gasteiger charge is -2.09. The highest BCUT2D eigenvalue weighted by Crippen LogP contribution is 2.31. The Morgan fingerprint density at radius 2 is 1.88 bits per heavy atom. The van der Waals surface area contributed by atoms with E-state index in [1.165, 1.54) is 0 Å². The van der Waals surface area contributed by atoms with Gasteiger partial charge in [0.2, 0.25) is 5.95 Å². The molecule has 0 aliphatic heterocycles. The van der Waals surface area contributed by atoms with Crippen LogP contribution in [-0.4, -0.2) is 28.3 Å². The summed E-state index contributed by atoms with van der Waals surface area (Å²) in [4.78, 5) is 18.6. The summed E-state index contributed by atoms with van der Waals surface area (Å²) in [6.45, 7) is 1.89. The molecule has 0 unspecified atom stereocenters. The Morgan fingerprint density at radius 3 is 2.54 bits per heavy atom. The van der Waals surface area contributed by atoms with Gasteiger partial charge in [-0.25, -0.2) is 10.2 Å². The van der Waals surface area contributed by atoms with E-state index in [2.05, 4.69) is 36.0 Å². The first-order valence-corrected chi connectivity index (χ1v) is 7.65. The SMILES string of the molecule is CC(CNc1nc(N)nc(N)c1N=Nc1ccc(Cl)cc1)=NNC(N)=O. The summed E-state index contributed by atoms with van der Waals surface area (Å²) < 4.78 is 0. The normalized spacial score (nSPS) is 11.5. The number of carbonyl (C=O) groups is 1. The molecular formula is C14H17ClN10O. The molecule has 0 aliphatic rings. The fraction of sp³-hybridized carbons (Fsp3) is 0.143. The molecular weight excluding hydrogens is 360 g/mol. The van der Waals surface area contributed by atoms with Gasteiger partial charge in [0.15, 0.2) is 17.3 Å². The van der Waals surface area contributed by atoms with Crippen LogP contribution < -0.4 is 27.9 Å². The van der Waals surface area contributed by atoms with E-state index >= 15 is 0 Å². The maximum absolute atomic E-state index is 10.7. The van der Waals surface area contributed by atoms with Crippen LogP contribution >= 0.6 is 11.6 Å². The number of nitrogens with two attached hydrogens (primary N) is 3. The van der Waals surface area contributed by atoms with Crippen LogP contribution in [-0.2, 0) is 0 Å². The summed E-state index contributed by atoms with van der Waals surface area (Å²) in [5.41, 5.74) is 19.9. The number of halogens is 1. The Kier molecular flexibility index (Phi) is 6.22. The average molecular weight is 377 g/mol. The van der Waals surface area contributed by atoms with Crippen LogP contribution in [0.15, 0.2) is 39.6 Å². The number of primary amides is 1. The summed E-state index contributed by atoms with van der Waals surface area (Å²) in [5.74, 6) is 0.296. The third kappa shape index (κ3) is 5.56. The van der Waals surface area contributed by atoms with Gasteiger partial charge < -0.3 is 22.5 Å². The number of benzene rings is 1. The smallest absolute Gasteiger partial charge is 0.332 e. The van der Waals surface area contributed by atoms with Gasteiger partial charge in [0.1, 0.15) is 0 Å². The van der Waals surface area contributed by atoms with Crippen molar-refractivity contribution in [2.45, 2.75) is 6.92 Å². The van der Waals surface area contributed by atoms with E-state index in [4.69, 9.17) is 28.8 Å². The van der Waals surface area contributed by atoms with Gasteiger partial charge in [0.25, 0.3) is 0 Å². The molecule has 26 heavy (non-hydrogen) atoms. The minimum atomic E-state index is -0.766. The second kappa shape index (κ2) is 8.58. The van der Waals surface area contributed by atoms with Crippen molar-refractivity contribution in [1.29, 1.82) is 0 Å². The highest BCUT2D eigenvalue weighted by atomic mass is 35.5. The van der Waals surface area contributed by atoms with Crippen molar-refractivity contribution in [1.82, 2.24) is 15.4 Å². The molecule has 0 saturated heterocycles. The number of nitrogen functional groups attached to an aromatic ring is 2. The number of hydrazone groups is 1. The van der Waals surface area contributed by atoms with Gasteiger partial charge in [0, 0.05) is 5.02 Å². The number of azo groups is 1. The molecule has 0 spiro atoms. The highest BCUT2D eigenvalue weighted by molar-refractivity contribution is 6.30. The average Bonchev–Trinajstić information content (AvgIpc) is 2.58. The first-order chi connectivity index (χ1) is 12.3. The quantitative estimate of drug-likeness (QED) is 0.292. The van der Waals surface area contributed by atoms with E-state index < -0.39 is 6.03 Å². The van der Waals surface area contributed by atoms with Crippen molar-refractivity contribution in [2.24, 2.45) is 21.1 Å². The van der Waals surface area contributed by atoms with E-state index in [1.807, 2.05) is 0 Å². The Morgan fingerprint density at radius 1 is 1.19 bits per heavy atom. The number of urea groups is 1. The van der Waals surface area contributed by atoms with E-state index in [-0.39, 0.29) is 29.8 Å². The molecule has 0 atom stereocenters. The van der Waals surface area contributed by atoms with Crippen molar-refractivity contribution in [3.05, 3.63) is 29.3 Å². The number of nitrogens with one attached hydrogen (secondary N) is 2. The highest BCUT2D eigenvalue weighted by Gasteiger charge is 2.11. The maximum Gasteiger partial charge on any atom is 0.332 e. The van der Waals surface area contributed by atoms with E-state index in [9.17, 15) is 4.79 Å². The van der Waals surface area contributed by atoms with E-state index in [0.717, 1.165) is 0 Å². The lowest BCUT2D eigenvalue weighted by molar-refractivity contribution is 0.249. The molecule has 11 nitrogen and oxygen atoms in total. The summed E-state index contributed by atoms with van der Waals surface area (Å²) >= 11 is 5.83. The van der Waals surface area contributed by atoms with E-state index in [0.29, 0.717) is 16.4 Å². The summed E-state index contributed by atoms with van der Waals surface area (Å²) in [6.07, 6.45) is 0. The topological polar surface area (TPSA) is 182 Å². The Bertz CT molecular complexity index is 850. The first-order valence-electron chi connectivity index (χ1n) is 7.28. The zero-order valence-electron chi connectivity index (χ0n) is 13.8. The molecule has 1 heterocycles. The number of carbonyl (C=O) groups excluding carboxylic acids is 1. The Balaban J connectivity index is 2.21. The molecule has 1 aromatic heterocycles. The Labute approximate surface area is 153 Å². The third-order valence-corrected chi connectivity index (χ3v) is 3.14. The van der Waals surface area contributed by atoms with Crippen LogP contribution in [0, 0.1) is 0 Å². The zero-order chi connectivity index (χ0) is 19.1. The number of anilines is 3. The number of nitrogens with zero attached hydrogens (tertiary/aromatic N) is 5. The second-order valence-corrected chi connectivity index (χ2v) is 5.45. The van der Waals surface area contributed by atoms with Gasteiger partial charge in [-0.05, 0) is 31.2 Å². The van der Waals surface area contributed by atoms with Gasteiger partial charge in [0.05, 0.1) is 17.9 Å². The molecule has 0 fully saturated rings. The van der Waals surface area contributed by atoms with Gasteiger partial charge in [-0.15, -0.1) is 5.11 Å². The zero-order valence-corrected chi connectivity index (χ0v) is 14.5. The van der Waals surface area contributed by atoms with Crippen molar-refractivity contribution >= 4 is 52.3 Å². The molecule has 136 valence electrons. The predicted molar refractivity (Wildman–Crippen MR) is 101 cm³/mol. The monoisotopic (exact) mass is 376 g/mol. The Hall–Kier alpha value is -3.47. The van der Waals surface area contributed by atoms with Gasteiger partial charge in [-0.3, -0.25) is 0 Å². The largest absolute Gasteiger partial charge is 0.382 e. The molecule has 8 N–H and O–H groups in total. The lowest BCUT2D eigenvalue weighted by Crippen LogP contribution is -2.26. The van der Waals surface area contributed by atoms with Crippen LogP contribution in [0.1, 0.15) is 6.92 Å². The predicted octanol–water partition coefficient (Wildman–Crippen LogP) is 2.17. The molecule has 12 heteroatoms. The molecule has 0 bridgehead atoms. The second-order valence-electron chi connectivity index (χ2n) is 5.02. The molecule has 2 rings (SSSR count). The molecule has 0 aliphatic carbocycles. The minimum absolute atomic E-state index is 0.0275. The molecule has 0 radical (unpaired) electrons. The number of hydrogen-bond donors (Lipinski definition) is 5. The summed E-state index contributed by atoms with van der Waals surface area (Å²) in [5, 5.41) is 15.5. The van der Waals surface area contributed by atoms with E-state index in [1.54, 1.807) is 31.2 Å². The van der Waals surface area contributed by atoms with Crippen molar-refractivity contribution < 1.29 is 4.79 Å². The maximum atomic E-state index is 10.7. The molecule has 2 amide bonds. The standard InChI is InChI=1S/C14H17ClN10O/c1-7(22-25-14(18)26)6-19-12-10(11(16)20-13(17)21-12)24-23-9-4-2-8(15)3-5-9/h2-5H,6H2,1H3,(H3,18,25,26)(H5,16,17,19,20,21). The third-order valence-electron chi connectivity index (χ3n) is 2.89. The molecule has 0 saturated carbocycles. The van der Waals surface area contributed by atoms with Crippen molar-refractivity contribution in [3.63, 3.8) is 0 Å². The summed E-state index contributed by atoms with van der Waals surface area (Å²) in [6, 6.07) is 5.99. The number of rotatable bonds is 6. The minimum Gasteiger partial charge on any atom is -0.382 e. The fourth-order valence-corrected chi connectivity index (χ4v) is 1.86. The van der Waals surface area contributed by atoms with Crippen LogP contribution in [0.3, 0.4) is 0 Å². The fourth-order valence-electron chi connectivity index (χ4n) is 1.73. The van der Waals surface area contributed by atoms with Gasteiger partial charge in [-0.2, -0.15) is 20.2 Å². The number of amides is 2. The van der Waals surface area contributed by atoms with Crippen molar-refractivity contribution in [3.8, 4) is 0 Å². The van der Waals surface area contributed by atoms with Crippen LogP contribution in [0.2, 0.25) is 5.02 Å². The van der Waals surface area contributed by atoms with Crippen LogP contribution in [0.4, 0.5) is 33.8 Å².